The molecule has 76 valence electrons. The maximum Gasteiger partial charge on any atom is 0.198 e. The van der Waals surface area contributed by atoms with Crippen LogP contribution in [0, 0.1) is 5.92 Å². The first-order valence-electron chi connectivity index (χ1n) is 5.43. The Balaban J connectivity index is 1.87. The Labute approximate surface area is 84.3 Å². The van der Waals surface area contributed by atoms with E-state index < -0.39 is 0 Å². The van der Waals surface area contributed by atoms with Gasteiger partial charge in [-0.3, -0.25) is 4.79 Å². The van der Waals surface area contributed by atoms with Crippen molar-refractivity contribution in [3.8, 4) is 0 Å². The van der Waals surface area contributed by atoms with E-state index in [0.717, 1.165) is 0 Å². The van der Waals surface area contributed by atoms with Crippen molar-refractivity contribution in [3.05, 3.63) is 24.2 Å². The minimum absolute atomic E-state index is 0.168. The number of hydrogen-bond donors (Lipinski definition) is 0. The van der Waals surface area contributed by atoms with Gasteiger partial charge in [0.05, 0.1) is 6.26 Å². The zero-order chi connectivity index (χ0) is 9.80. The summed E-state index contributed by atoms with van der Waals surface area (Å²) in [6.45, 7) is 0. The van der Waals surface area contributed by atoms with E-state index >= 15 is 0 Å². The van der Waals surface area contributed by atoms with Crippen LogP contribution in [0.5, 0.6) is 0 Å². The predicted octanol–water partition coefficient (Wildman–Crippen LogP) is 3.43. The molecule has 1 saturated carbocycles. The van der Waals surface area contributed by atoms with Crippen molar-refractivity contribution < 1.29 is 9.21 Å². The molecule has 1 aromatic heterocycles. The van der Waals surface area contributed by atoms with Crippen LogP contribution in [0.15, 0.2) is 22.8 Å². The topological polar surface area (TPSA) is 30.2 Å². The van der Waals surface area contributed by atoms with Crippen LogP contribution >= 0.6 is 0 Å². The van der Waals surface area contributed by atoms with Crippen LogP contribution in [-0.4, -0.2) is 5.78 Å². The minimum Gasteiger partial charge on any atom is -0.461 e. The zero-order valence-electron chi connectivity index (χ0n) is 8.37. The Morgan fingerprint density at radius 3 is 2.79 bits per heavy atom. The molecule has 1 heterocycles. The molecule has 2 rings (SSSR count). The van der Waals surface area contributed by atoms with E-state index in [1.54, 1.807) is 18.4 Å². The fourth-order valence-corrected chi connectivity index (χ4v) is 2.19. The van der Waals surface area contributed by atoms with Crippen molar-refractivity contribution in [2.45, 2.75) is 38.5 Å². The Morgan fingerprint density at radius 2 is 2.14 bits per heavy atom. The van der Waals surface area contributed by atoms with Crippen LogP contribution in [-0.2, 0) is 0 Å². The predicted molar refractivity (Wildman–Crippen MR) is 54.2 cm³/mol. The Bertz CT molecular complexity index is 281. The Hall–Kier alpha value is -1.05. The van der Waals surface area contributed by atoms with Gasteiger partial charge in [-0.15, -0.1) is 0 Å². The molecule has 2 nitrogen and oxygen atoms in total. The molecular weight excluding hydrogens is 176 g/mol. The lowest BCUT2D eigenvalue weighted by Gasteiger charge is -2.19. The van der Waals surface area contributed by atoms with E-state index in [4.69, 9.17) is 4.42 Å². The van der Waals surface area contributed by atoms with Crippen LogP contribution in [0.1, 0.15) is 49.1 Å². The van der Waals surface area contributed by atoms with Gasteiger partial charge in [0.25, 0.3) is 0 Å². The fourth-order valence-electron chi connectivity index (χ4n) is 2.19. The highest BCUT2D eigenvalue weighted by Gasteiger charge is 2.18. The van der Waals surface area contributed by atoms with Gasteiger partial charge in [0.15, 0.2) is 11.5 Å². The fraction of sp³-hybridized carbons (Fsp3) is 0.583. The molecule has 1 aromatic rings. The molecule has 0 N–H and O–H groups in total. The summed E-state index contributed by atoms with van der Waals surface area (Å²) in [5.74, 6) is 1.29. The third kappa shape index (κ3) is 2.25. The summed E-state index contributed by atoms with van der Waals surface area (Å²) >= 11 is 0. The molecule has 1 aliphatic rings. The summed E-state index contributed by atoms with van der Waals surface area (Å²) in [5, 5.41) is 0. The normalized spacial score (nSPS) is 18.3. The van der Waals surface area contributed by atoms with E-state index in [1.165, 1.54) is 32.1 Å². The summed E-state index contributed by atoms with van der Waals surface area (Å²) in [7, 11) is 0. The molecular formula is C12H16O2. The van der Waals surface area contributed by atoms with Crippen LogP contribution in [0.2, 0.25) is 0 Å². The summed E-state index contributed by atoms with van der Waals surface area (Å²) in [5.41, 5.74) is 0. The lowest BCUT2D eigenvalue weighted by molar-refractivity contribution is 0.0923. The van der Waals surface area contributed by atoms with Gasteiger partial charge in [0.2, 0.25) is 0 Å². The second-order valence-corrected chi connectivity index (χ2v) is 4.11. The van der Waals surface area contributed by atoms with Crippen molar-refractivity contribution in [1.82, 2.24) is 0 Å². The third-order valence-electron chi connectivity index (χ3n) is 2.99. The highest BCUT2D eigenvalue weighted by molar-refractivity contribution is 5.93. The molecule has 0 spiro atoms. The smallest absolute Gasteiger partial charge is 0.198 e. The Morgan fingerprint density at radius 1 is 1.36 bits per heavy atom. The number of carbonyl (C=O) groups is 1. The van der Waals surface area contributed by atoms with Gasteiger partial charge in [0, 0.05) is 6.42 Å². The second kappa shape index (κ2) is 4.45. The quantitative estimate of drug-likeness (QED) is 0.687. The SMILES string of the molecule is O=C(CC1CCCCC1)c1ccco1. The lowest BCUT2D eigenvalue weighted by atomic mass is 9.85. The average molecular weight is 192 g/mol. The molecule has 0 saturated heterocycles. The van der Waals surface area contributed by atoms with Gasteiger partial charge in [0.1, 0.15) is 0 Å². The van der Waals surface area contributed by atoms with Crippen molar-refractivity contribution in [2.24, 2.45) is 5.92 Å². The molecule has 0 unspecified atom stereocenters. The van der Waals surface area contributed by atoms with Crippen molar-refractivity contribution in [3.63, 3.8) is 0 Å². The molecule has 1 aliphatic carbocycles. The number of ketones is 1. The highest BCUT2D eigenvalue weighted by atomic mass is 16.3. The average Bonchev–Trinajstić information content (AvgIpc) is 2.72. The number of rotatable bonds is 3. The summed E-state index contributed by atoms with van der Waals surface area (Å²) < 4.78 is 5.09. The van der Waals surface area contributed by atoms with Gasteiger partial charge in [-0.2, -0.15) is 0 Å². The molecule has 0 bridgehead atoms. The van der Waals surface area contributed by atoms with Gasteiger partial charge >= 0.3 is 0 Å². The minimum atomic E-state index is 0.168. The number of hydrogen-bond acceptors (Lipinski definition) is 2. The number of furan rings is 1. The lowest BCUT2D eigenvalue weighted by Crippen LogP contribution is -2.11. The Kier molecular flexibility index (Phi) is 3.02. The van der Waals surface area contributed by atoms with Crippen LogP contribution in [0.3, 0.4) is 0 Å². The van der Waals surface area contributed by atoms with Crippen LogP contribution < -0.4 is 0 Å². The maximum atomic E-state index is 11.7. The third-order valence-corrected chi connectivity index (χ3v) is 2.99. The van der Waals surface area contributed by atoms with Crippen molar-refractivity contribution >= 4 is 5.78 Å². The number of carbonyl (C=O) groups excluding carboxylic acids is 1. The molecule has 0 aromatic carbocycles. The molecule has 0 aliphatic heterocycles. The standard InChI is InChI=1S/C12H16O2/c13-11(12-7-4-8-14-12)9-10-5-2-1-3-6-10/h4,7-8,10H,1-3,5-6,9H2. The molecule has 0 amide bonds. The van der Waals surface area contributed by atoms with Gasteiger partial charge in [-0.05, 0) is 18.1 Å². The highest BCUT2D eigenvalue weighted by Crippen LogP contribution is 2.27. The van der Waals surface area contributed by atoms with E-state index in [-0.39, 0.29) is 5.78 Å². The molecule has 0 atom stereocenters. The van der Waals surface area contributed by atoms with Crippen molar-refractivity contribution in [2.75, 3.05) is 0 Å². The molecule has 1 fully saturated rings. The maximum absolute atomic E-state index is 11.7. The first kappa shape index (κ1) is 9.50. The van der Waals surface area contributed by atoms with Crippen LogP contribution in [0.25, 0.3) is 0 Å². The monoisotopic (exact) mass is 192 g/mol. The molecule has 0 radical (unpaired) electrons. The number of Topliss-reactive ketones (excluding diaryl/α,β-unsaturated/α-hetero) is 1. The summed E-state index contributed by atoms with van der Waals surface area (Å²) in [4.78, 5) is 11.7. The largest absolute Gasteiger partial charge is 0.461 e. The van der Waals surface area contributed by atoms with Crippen molar-refractivity contribution in [1.29, 1.82) is 0 Å². The van der Waals surface area contributed by atoms with E-state index in [1.807, 2.05) is 0 Å². The second-order valence-electron chi connectivity index (χ2n) is 4.11. The van der Waals surface area contributed by atoms with Gasteiger partial charge in [-0.25, -0.2) is 0 Å². The summed E-state index contributed by atoms with van der Waals surface area (Å²) in [6, 6.07) is 3.53. The molecule has 14 heavy (non-hydrogen) atoms. The first-order valence-corrected chi connectivity index (χ1v) is 5.43. The van der Waals surface area contributed by atoms with E-state index in [0.29, 0.717) is 18.1 Å². The van der Waals surface area contributed by atoms with E-state index in [2.05, 4.69) is 0 Å². The first-order chi connectivity index (χ1) is 6.86. The van der Waals surface area contributed by atoms with Gasteiger partial charge in [-0.1, -0.05) is 32.1 Å². The van der Waals surface area contributed by atoms with Crippen LogP contribution in [0.4, 0.5) is 0 Å². The van der Waals surface area contributed by atoms with E-state index in [9.17, 15) is 4.79 Å². The zero-order valence-corrected chi connectivity index (χ0v) is 8.37. The molecule has 2 heteroatoms. The van der Waals surface area contributed by atoms with Gasteiger partial charge < -0.3 is 4.42 Å². The summed E-state index contributed by atoms with van der Waals surface area (Å²) in [6.07, 6.45) is 8.58.